The van der Waals surface area contributed by atoms with Gasteiger partial charge in [-0.15, -0.1) is 0 Å². The molecule has 0 aliphatic rings. The van der Waals surface area contributed by atoms with Crippen LogP contribution in [0.3, 0.4) is 0 Å². The predicted octanol–water partition coefficient (Wildman–Crippen LogP) is 13.1. The van der Waals surface area contributed by atoms with E-state index in [1.165, 1.54) is 16.2 Å². The van der Waals surface area contributed by atoms with Gasteiger partial charge in [-0.2, -0.15) is 0 Å². The van der Waals surface area contributed by atoms with Crippen molar-refractivity contribution in [1.29, 1.82) is 0 Å². The standard InChI is InChI=1S/C55H37N2OP/c58-59(44-22-9-3-10-23-44,45-24-11-4-12-25-45)46-31-28-38(29-32-46)40-18-15-19-41(36-40)42-30-34-51-49(37-42)54-52(57(51)43-20-7-2-8-21-43)35-33-48-53(54)47-26-13-14-27-50(47)56-55(48)39-16-5-1-6-17-39/h1-37H. The van der Waals surface area contributed by atoms with Crippen molar-refractivity contribution in [2.24, 2.45) is 0 Å². The number of rotatable bonds is 7. The molecule has 9 aromatic carbocycles. The highest BCUT2D eigenvalue weighted by molar-refractivity contribution is 7.85. The highest BCUT2D eigenvalue weighted by Gasteiger charge is 2.29. The van der Waals surface area contributed by atoms with Crippen molar-refractivity contribution < 1.29 is 4.57 Å². The molecule has 2 aromatic heterocycles. The van der Waals surface area contributed by atoms with Gasteiger partial charge in [0.2, 0.25) is 0 Å². The van der Waals surface area contributed by atoms with E-state index in [1.807, 2.05) is 72.8 Å². The SMILES string of the molecule is O=P(c1ccccc1)(c1ccccc1)c1ccc(-c2cccc(-c3ccc4c(c3)c3c5c(ccc3n4-c3ccccc3)c(-c3ccccc3)nc3ccccc35)c2)cc1. The van der Waals surface area contributed by atoms with Crippen LogP contribution in [0.25, 0.3) is 82.7 Å². The first-order chi connectivity index (χ1) is 29.1. The molecule has 0 saturated carbocycles. The van der Waals surface area contributed by atoms with Gasteiger partial charge in [-0.3, -0.25) is 0 Å². The Hall–Kier alpha value is -7.32. The summed E-state index contributed by atoms with van der Waals surface area (Å²) in [5, 5.41) is 8.37. The summed E-state index contributed by atoms with van der Waals surface area (Å²) in [6, 6.07) is 77.9. The van der Waals surface area contributed by atoms with Crippen molar-refractivity contribution in [2.75, 3.05) is 0 Å². The fourth-order valence-corrected chi connectivity index (χ4v) is 11.5. The zero-order chi connectivity index (χ0) is 39.3. The molecule has 0 aliphatic heterocycles. The van der Waals surface area contributed by atoms with E-state index in [9.17, 15) is 0 Å². The number of aromatic nitrogens is 2. The van der Waals surface area contributed by atoms with Crippen molar-refractivity contribution in [3.8, 4) is 39.2 Å². The Morgan fingerprint density at radius 2 is 0.881 bits per heavy atom. The van der Waals surface area contributed by atoms with E-state index in [0.717, 1.165) is 82.4 Å². The number of para-hydroxylation sites is 2. The Labute approximate surface area is 342 Å². The molecule has 0 atom stereocenters. The molecule has 0 amide bonds. The molecule has 0 N–H and O–H groups in total. The molecule has 0 radical (unpaired) electrons. The minimum Gasteiger partial charge on any atom is -0.309 e. The van der Waals surface area contributed by atoms with E-state index >= 15 is 4.57 Å². The smallest absolute Gasteiger partial charge is 0.171 e. The Bertz CT molecular complexity index is 3340. The van der Waals surface area contributed by atoms with Gasteiger partial charge in [-0.25, -0.2) is 4.98 Å². The van der Waals surface area contributed by atoms with E-state index in [4.69, 9.17) is 4.98 Å². The van der Waals surface area contributed by atoms with Gasteiger partial charge in [0.05, 0.1) is 22.2 Å². The number of pyridine rings is 1. The maximum atomic E-state index is 15.0. The summed E-state index contributed by atoms with van der Waals surface area (Å²) >= 11 is 0. The second-order valence-electron chi connectivity index (χ2n) is 15.0. The monoisotopic (exact) mass is 772 g/mol. The summed E-state index contributed by atoms with van der Waals surface area (Å²) in [6.07, 6.45) is 0. The van der Waals surface area contributed by atoms with E-state index in [-0.39, 0.29) is 0 Å². The lowest BCUT2D eigenvalue weighted by Crippen LogP contribution is -2.24. The normalized spacial score (nSPS) is 11.8. The van der Waals surface area contributed by atoms with Crippen LogP contribution in [0.15, 0.2) is 224 Å². The first-order valence-electron chi connectivity index (χ1n) is 20.0. The maximum absolute atomic E-state index is 15.0. The second-order valence-corrected chi connectivity index (χ2v) is 17.8. The Morgan fingerprint density at radius 1 is 0.356 bits per heavy atom. The average Bonchev–Trinajstić information content (AvgIpc) is 3.66. The topological polar surface area (TPSA) is 34.9 Å². The maximum Gasteiger partial charge on any atom is 0.171 e. The lowest BCUT2D eigenvalue weighted by molar-refractivity contribution is 0.592. The van der Waals surface area contributed by atoms with Crippen LogP contribution < -0.4 is 15.9 Å². The van der Waals surface area contributed by atoms with Gasteiger partial charge in [0, 0.05) is 54.1 Å². The highest BCUT2D eigenvalue weighted by Crippen LogP contribution is 2.45. The molecule has 0 aliphatic carbocycles. The minimum atomic E-state index is -3.07. The zero-order valence-corrected chi connectivity index (χ0v) is 33.0. The number of hydrogen-bond acceptors (Lipinski definition) is 2. The molecule has 4 heteroatoms. The summed E-state index contributed by atoms with van der Waals surface area (Å²) in [5.41, 5.74) is 10.9. The fourth-order valence-electron chi connectivity index (χ4n) is 8.87. The van der Waals surface area contributed by atoms with Gasteiger partial charge in [-0.05, 0) is 64.7 Å². The van der Waals surface area contributed by atoms with Crippen LogP contribution in [0.1, 0.15) is 0 Å². The van der Waals surface area contributed by atoms with Gasteiger partial charge in [0.25, 0.3) is 0 Å². The third-order valence-corrected chi connectivity index (χ3v) is 14.7. The predicted molar refractivity (Wildman–Crippen MR) is 249 cm³/mol. The van der Waals surface area contributed by atoms with Crippen LogP contribution in [0, 0.1) is 0 Å². The minimum absolute atomic E-state index is 0.820. The number of benzene rings is 9. The van der Waals surface area contributed by atoms with Gasteiger partial charge >= 0.3 is 0 Å². The fraction of sp³-hybridized carbons (Fsp3) is 0. The van der Waals surface area contributed by atoms with Crippen molar-refractivity contribution in [2.45, 2.75) is 0 Å². The molecule has 3 nitrogen and oxygen atoms in total. The van der Waals surface area contributed by atoms with Gasteiger partial charge < -0.3 is 9.13 Å². The van der Waals surface area contributed by atoms with Gasteiger partial charge in [0.1, 0.15) is 0 Å². The molecule has 0 fully saturated rings. The first kappa shape index (κ1) is 34.9. The summed E-state index contributed by atoms with van der Waals surface area (Å²) in [4.78, 5) is 5.26. The van der Waals surface area contributed by atoms with Gasteiger partial charge in [-0.1, -0.05) is 182 Å². The van der Waals surface area contributed by atoms with Crippen molar-refractivity contribution >= 4 is 66.5 Å². The summed E-state index contributed by atoms with van der Waals surface area (Å²) < 4.78 is 17.4. The molecule has 59 heavy (non-hydrogen) atoms. The number of fused-ring (bicyclic) bond motifs is 7. The quantitative estimate of drug-likeness (QED) is 0.119. The van der Waals surface area contributed by atoms with Crippen LogP contribution >= 0.6 is 7.14 Å². The molecule has 0 unspecified atom stereocenters. The van der Waals surface area contributed by atoms with Crippen molar-refractivity contribution in [1.82, 2.24) is 9.55 Å². The van der Waals surface area contributed by atoms with Crippen LogP contribution in [-0.4, -0.2) is 9.55 Å². The largest absolute Gasteiger partial charge is 0.309 e. The average molecular weight is 773 g/mol. The molecule has 0 bridgehead atoms. The van der Waals surface area contributed by atoms with Crippen molar-refractivity contribution in [3.05, 3.63) is 224 Å². The van der Waals surface area contributed by atoms with E-state index in [2.05, 4.69) is 156 Å². The second kappa shape index (κ2) is 14.3. The Balaban J connectivity index is 1.09. The lowest BCUT2D eigenvalue weighted by Gasteiger charge is -2.20. The van der Waals surface area contributed by atoms with E-state index in [0.29, 0.717) is 0 Å². The molecule has 11 aromatic rings. The molecule has 0 spiro atoms. The molecule has 11 rings (SSSR count). The van der Waals surface area contributed by atoms with E-state index in [1.54, 1.807) is 0 Å². The summed E-state index contributed by atoms with van der Waals surface area (Å²) in [5.74, 6) is 0. The van der Waals surface area contributed by atoms with Crippen LogP contribution in [0.4, 0.5) is 0 Å². The van der Waals surface area contributed by atoms with Crippen LogP contribution in [0.5, 0.6) is 0 Å². The molecular weight excluding hydrogens is 736 g/mol. The number of nitrogens with zero attached hydrogens (tertiary/aromatic N) is 2. The third-order valence-electron chi connectivity index (χ3n) is 11.7. The summed E-state index contributed by atoms with van der Waals surface area (Å²) in [7, 11) is -3.07. The van der Waals surface area contributed by atoms with Crippen LogP contribution in [0.2, 0.25) is 0 Å². The first-order valence-corrected chi connectivity index (χ1v) is 21.7. The Kier molecular flexibility index (Phi) is 8.43. The Morgan fingerprint density at radius 3 is 1.58 bits per heavy atom. The number of hydrogen-bond donors (Lipinski definition) is 0. The van der Waals surface area contributed by atoms with Crippen LogP contribution in [-0.2, 0) is 4.57 Å². The lowest BCUT2D eigenvalue weighted by atomic mass is 9.94. The van der Waals surface area contributed by atoms with Gasteiger partial charge in [0.15, 0.2) is 7.14 Å². The van der Waals surface area contributed by atoms with Crippen molar-refractivity contribution in [3.63, 3.8) is 0 Å². The summed E-state index contributed by atoms with van der Waals surface area (Å²) in [6.45, 7) is 0. The highest BCUT2D eigenvalue weighted by atomic mass is 31.2. The molecule has 2 heterocycles. The third kappa shape index (κ3) is 5.82. The molecular formula is C55H37N2OP. The van der Waals surface area contributed by atoms with E-state index < -0.39 is 7.14 Å². The molecule has 278 valence electrons. The zero-order valence-electron chi connectivity index (χ0n) is 32.1. The molecule has 0 saturated heterocycles.